The summed E-state index contributed by atoms with van der Waals surface area (Å²) < 4.78 is 13.2. The zero-order chi connectivity index (χ0) is 14.5. The fourth-order valence-corrected chi connectivity index (χ4v) is 2.21. The van der Waals surface area contributed by atoms with Crippen LogP contribution in [-0.2, 0) is 12.3 Å². The lowest BCUT2D eigenvalue weighted by atomic mass is 10.1. The van der Waals surface area contributed by atoms with Gasteiger partial charge in [0, 0.05) is 11.3 Å². The SMILES string of the molecule is CSCc1cc(F)ccc1CN=C(N)NC(C)(C)C.I. The third kappa shape index (κ3) is 7.33. The molecule has 0 heterocycles. The van der Waals surface area contributed by atoms with E-state index >= 15 is 0 Å². The van der Waals surface area contributed by atoms with Crippen LogP contribution in [0.25, 0.3) is 0 Å². The number of thioether (sulfide) groups is 1. The van der Waals surface area contributed by atoms with Crippen molar-refractivity contribution in [3.05, 3.63) is 35.1 Å². The molecule has 0 aliphatic heterocycles. The average Bonchev–Trinajstić information content (AvgIpc) is 2.26. The molecule has 1 aromatic rings. The number of nitrogens with zero attached hydrogens (tertiary/aromatic N) is 1. The lowest BCUT2D eigenvalue weighted by Crippen LogP contribution is -2.44. The van der Waals surface area contributed by atoms with E-state index in [1.54, 1.807) is 23.9 Å². The van der Waals surface area contributed by atoms with Crippen LogP contribution in [0.2, 0.25) is 0 Å². The fourth-order valence-electron chi connectivity index (χ4n) is 1.63. The van der Waals surface area contributed by atoms with Gasteiger partial charge < -0.3 is 11.1 Å². The first-order valence-corrected chi connectivity index (χ1v) is 7.55. The minimum atomic E-state index is -0.211. The summed E-state index contributed by atoms with van der Waals surface area (Å²) in [6, 6.07) is 4.80. The molecule has 0 aliphatic rings. The smallest absolute Gasteiger partial charge is 0.189 e. The van der Waals surface area contributed by atoms with E-state index in [2.05, 4.69) is 10.3 Å². The average molecular weight is 411 g/mol. The van der Waals surface area contributed by atoms with Gasteiger partial charge in [-0.2, -0.15) is 11.8 Å². The third-order valence-electron chi connectivity index (χ3n) is 2.39. The zero-order valence-electron chi connectivity index (χ0n) is 12.4. The van der Waals surface area contributed by atoms with Gasteiger partial charge in [-0.05, 0) is 50.3 Å². The molecule has 0 aliphatic carbocycles. The predicted octanol–water partition coefficient (Wildman–Crippen LogP) is 3.51. The molecular formula is C14H23FIN3S. The second-order valence-electron chi connectivity index (χ2n) is 5.42. The van der Waals surface area contributed by atoms with Crippen LogP contribution in [-0.4, -0.2) is 17.8 Å². The van der Waals surface area contributed by atoms with Gasteiger partial charge in [-0.25, -0.2) is 9.38 Å². The van der Waals surface area contributed by atoms with Gasteiger partial charge in [0.15, 0.2) is 5.96 Å². The van der Waals surface area contributed by atoms with Crippen LogP contribution in [0.1, 0.15) is 31.9 Å². The molecule has 0 radical (unpaired) electrons. The van der Waals surface area contributed by atoms with E-state index in [1.807, 2.05) is 27.0 Å². The van der Waals surface area contributed by atoms with Crippen molar-refractivity contribution in [2.24, 2.45) is 10.7 Å². The monoisotopic (exact) mass is 411 g/mol. The van der Waals surface area contributed by atoms with Crippen LogP contribution in [0, 0.1) is 5.82 Å². The van der Waals surface area contributed by atoms with Gasteiger partial charge in [0.2, 0.25) is 0 Å². The van der Waals surface area contributed by atoms with Crippen LogP contribution in [0.5, 0.6) is 0 Å². The standard InChI is InChI=1S/C14H22FN3S.HI/c1-14(2,3)18-13(16)17-8-10-5-6-12(15)7-11(10)9-19-4;/h5-7H,8-9H2,1-4H3,(H3,16,17,18);1H. The molecule has 0 atom stereocenters. The van der Waals surface area contributed by atoms with Crippen molar-refractivity contribution in [1.82, 2.24) is 5.32 Å². The van der Waals surface area contributed by atoms with E-state index in [0.717, 1.165) is 16.9 Å². The summed E-state index contributed by atoms with van der Waals surface area (Å²) in [5.41, 5.74) is 7.69. The number of nitrogens with two attached hydrogens (primary N) is 1. The normalized spacial score (nSPS) is 11.9. The number of halogens is 2. The Morgan fingerprint density at radius 1 is 1.35 bits per heavy atom. The Balaban J connectivity index is 0.00000361. The highest BCUT2D eigenvalue weighted by atomic mass is 127. The highest BCUT2D eigenvalue weighted by Crippen LogP contribution is 2.17. The molecule has 0 fully saturated rings. The molecule has 6 heteroatoms. The van der Waals surface area contributed by atoms with Crippen molar-refractivity contribution < 1.29 is 4.39 Å². The quantitative estimate of drug-likeness (QED) is 0.453. The Morgan fingerprint density at radius 2 is 2.00 bits per heavy atom. The van der Waals surface area contributed by atoms with E-state index < -0.39 is 0 Å². The maximum absolute atomic E-state index is 13.2. The van der Waals surface area contributed by atoms with Crippen LogP contribution in [0.15, 0.2) is 23.2 Å². The van der Waals surface area contributed by atoms with E-state index in [-0.39, 0.29) is 35.3 Å². The predicted molar refractivity (Wildman–Crippen MR) is 97.2 cm³/mol. The molecule has 0 bridgehead atoms. The first-order valence-electron chi connectivity index (χ1n) is 6.16. The summed E-state index contributed by atoms with van der Waals surface area (Å²) in [4.78, 5) is 4.30. The van der Waals surface area contributed by atoms with Crippen molar-refractivity contribution >= 4 is 41.7 Å². The Bertz CT molecular complexity index is 458. The molecular weight excluding hydrogens is 388 g/mol. The Labute approximate surface area is 142 Å². The lowest BCUT2D eigenvalue weighted by molar-refractivity contribution is 0.508. The summed E-state index contributed by atoms with van der Waals surface area (Å²) in [7, 11) is 0. The van der Waals surface area contributed by atoms with E-state index in [1.165, 1.54) is 6.07 Å². The minimum absolute atomic E-state index is 0. The van der Waals surface area contributed by atoms with E-state index in [4.69, 9.17) is 5.73 Å². The molecule has 3 N–H and O–H groups in total. The lowest BCUT2D eigenvalue weighted by Gasteiger charge is -2.21. The summed E-state index contributed by atoms with van der Waals surface area (Å²) in [6.07, 6.45) is 1.99. The van der Waals surface area contributed by atoms with Gasteiger partial charge in [0.25, 0.3) is 0 Å². The summed E-state index contributed by atoms with van der Waals surface area (Å²) >= 11 is 1.66. The number of rotatable bonds is 4. The molecule has 0 amide bonds. The first-order chi connectivity index (χ1) is 8.81. The van der Waals surface area contributed by atoms with Gasteiger partial charge in [-0.1, -0.05) is 6.07 Å². The molecule has 3 nitrogen and oxygen atoms in total. The third-order valence-corrected chi connectivity index (χ3v) is 2.99. The molecule has 114 valence electrons. The van der Waals surface area contributed by atoms with Crippen LogP contribution < -0.4 is 11.1 Å². The topological polar surface area (TPSA) is 50.4 Å². The summed E-state index contributed by atoms with van der Waals surface area (Å²) in [6.45, 7) is 6.52. The molecule has 20 heavy (non-hydrogen) atoms. The molecule has 0 unspecified atom stereocenters. The van der Waals surface area contributed by atoms with Crippen molar-refractivity contribution in [3.63, 3.8) is 0 Å². The summed E-state index contributed by atoms with van der Waals surface area (Å²) in [5.74, 6) is 0.972. The molecule has 0 aromatic heterocycles. The van der Waals surface area contributed by atoms with Crippen molar-refractivity contribution in [2.45, 2.75) is 38.6 Å². The van der Waals surface area contributed by atoms with Gasteiger partial charge >= 0.3 is 0 Å². The Hall–Kier alpha value is -0.500. The van der Waals surface area contributed by atoms with E-state index in [9.17, 15) is 4.39 Å². The number of nitrogens with one attached hydrogen (secondary N) is 1. The number of aliphatic imine (C=N–C) groups is 1. The largest absolute Gasteiger partial charge is 0.370 e. The molecule has 1 aromatic carbocycles. The second kappa shape index (κ2) is 8.71. The number of hydrogen-bond acceptors (Lipinski definition) is 2. The number of hydrogen-bond donors (Lipinski definition) is 2. The van der Waals surface area contributed by atoms with Crippen LogP contribution >= 0.6 is 35.7 Å². The Kier molecular flexibility index (Phi) is 8.50. The molecule has 0 spiro atoms. The highest BCUT2D eigenvalue weighted by Gasteiger charge is 2.10. The van der Waals surface area contributed by atoms with Gasteiger partial charge in [-0.15, -0.1) is 24.0 Å². The van der Waals surface area contributed by atoms with Crippen LogP contribution in [0.4, 0.5) is 4.39 Å². The highest BCUT2D eigenvalue weighted by molar-refractivity contribution is 14.0. The molecule has 1 rings (SSSR count). The van der Waals surface area contributed by atoms with Gasteiger partial charge in [0.1, 0.15) is 5.82 Å². The van der Waals surface area contributed by atoms with Crippen molar-refractivity contribution in [3.8, 4) is 0 Å². The van der Waals surface area contributed by atoms with Gasteiger partial charge in [0.05, 0.1) is 6.54 Å². The molecule has 0 saturated heterocycles. The first kappa shape index (κ1) is 19.5. The van der Waals surface area contributed by atoms with Crippen LogP contribution in [0.3, 0.4) is 0 Å². The van der Waals surface area contributed by atoms with E-state index in [0.29, 0.717) is 12.5 Å². The zero-order valence-corrected chi connectivity index (χ0v) is 15.5. The minimum Gasteiger partial charge on any atom is -0.370 e. The number of benzene rings is 1. The second-order valence-corrected chi connectivity index (χ2v) is 6.29. The number of guanidine groups is 1. The van der Waals surface area contributed by atoms with Crippen molar-refractivity contribution in [2.75, 3.05) is 6.26 Å². The molecule has 0 saturated carbocycles. The van der Waals surface area contributed by atoms with Gasteiger partial charge in [-0.3, -0.25) is 0 Å². The summed E-state index contributed by atoms with van der Waals surface area (Å²) in [5, 5.41) is 3.10. The maximum atomic E-state index is 13.2. The van der Waals surface area contributed by atoms with Crippen molar-refractivity contribution in [1.29, 1.82) is 0 Å². The Morgan fingerprint density at radius 3 is 2.55 bits per heavy atom. The maximum Gasteiger partial charge on any atom is 0.189 e. The fraction of sp³-hybridized carbons (Fsp3) is 0.500.